The monoisotopic (exact) mass is 363 g/mol. The van der Waals surface area contributed by atoms with Gasteiger partial charge in [0.15, 0.2) is 11.8 Å². The van der Waals surface area contributed by atoms with Crippen LogP contribution in [0.2, 0.25) is 0 Å². The molecule has 0 spiro atoms. The fourth-order valence-electron chi connectivity index (χ4n) is 2.74. The number of ether oxygens (including phenoxy) is 1. The van der Waals surface area contributed by atoms with Crippen LogP contribution in [0.25, 0.3) is 11.0 Å². The Labute approximate surface area is 147 Å². The van der Waals surface area contributed by atoms with Gasteiger partial charge in [0.2, 0.25) is 0 Å². The first-order valence-corrected chi connectivity index (χ1v) is 7.81. The number of nitrogens with one attached hydrogen (secondary N) is 1. The van der Waals surface area contributed by atoms with Gasteiger partial charge in [0, 0.05) is 10.9 Å². The molecular formula is C19H16F3NO3. The molecule has 1 heterocycles. The summed E-state index contributed by atoms with van der Waals surface area (Å²) in [6.07, 6.45) is -4.64. The van der Waals surface area contributed by atoms with E-state index in [1.807, 2.05) is 5.32 Å². The minimum absolute atomic E-state index is 0.0521. The second kappa shape index (κ2) is 6.74. The van der Waals surface area contributed by atoms with Crippen molar-refractivity contribution in [3.63, 3.8) is 0 Å². The summed E-state index contributed by atoms with van der Waals surface area (Å²) < 4.78 is 50.9. The zero-order valence-electron chi connectivity index (χ0n) is 14.1. The van der Waals surface area contributed by atoms with Gasteiger partial charge in [0.1, 0.15) is 11.3 Å². The lowest BCUT2D eigenvalue weighted by Gasteiger charge is -2.21. The maximum Gasteiger partial charge on any atom is 0.412 e. The third-order valence-electron chi connectivity index (χ3n) is 4.09. The van der Waals surface area contributed by atoms with Crippen LogP contribution >= 0.6 is 0 Å². The van der Waals surface area contributed by atoms with Gasteiger partial charge in [-0.05, 0) is 30.7 Å². The van der Waals surface area contributed by atoms with Gasteiger partial charge in [-0.2, -0.15) is 13.2 Å². The third-order valence-corrected chi connectivity index (χ3v) is 4.09. The zero-order chi connectivity index (χ0) is 18.9. The molecule has 0 fully saturated rings. The topological polar surface area (TPSA) is 51.5 Å². The van der Waals surface area contributed by atoms with Crippen molar-refractivity contribution in [3.8, 4) is 5.75 Å². The Bertz CT molecular complexity index is 932. The molecular weight excluding hydrogens is 347 g/mol. The summed E-state index contributed by atoms with van der Waals surface area (Å²) in [6.45, 7) is 1.62. The Balaban J connectivity index is 1.95. The second-order valence-corrected chi connectivity index (χ2v) is 5.78. The maximum absolute atomic E-state index is 13.4. The first-order valence-electron chi connectivity index (χ1n) is 7.81. The van der Waals surface area contributed by atoms with Gasteiger partial charge in [-0.25, -0.2) is 0 Å². The highest BCUT2D eigenvalue weighted by atomic mass is 19.4. The van der Waals surface area contributed by atoms with Crippen molar-refractivity contribution in [1.82, 2.24) is 5.32 Å². The first-order chi connectivity index (χ1) is 12.3. The normalized spacial score (nSPS) is 12.8. The van der Waals surface area contributed by atoms with Crippen molar-refractivity contribution in [2.75, 3.05) is 7.11 Å². The van der Waals surface area contributed by atoms with Gasteiger partial charge in [-0.3, -0.25) is 4.79 Å². The molecule has 1 amide bonds. The number of amides is 1. The zero-order valence-corrected chi connectivity index (χ0v) is 14.1. The Kier molecular flexibility index (Phi) is 4.63. The molecule has 0 bridgehead atoms. The molecule has 0 aliphatic carbocycles. The van der Waals surface area contributed by atoms with Crippen LogP contribution < -0.4 is 10.1 Å². The molecule has 0 saturated carbocycles. The maximum atomic E-state index is 13.4. The van der Waals surface area contributed by atoms with E-state index < -0.39 is 18.1 Å². The predicted octanol–water partition coefficient (Wildman–Crippen LogP) is 4.78. The molecule has 4 nitrogen and oxygen atoms in total. The van der Waals surface area contributed by atoms with E-state index in [2.05, 4.69) is 0 Å². The Hall–Kier alpha value is -2.96. The van der Waals surface area contributed by atoms with Crippen LogP contribution in [0.15, 0.2) is 52.9 Å². The molecule has 3 aromatic rings. The SMILES string of the molecule is COc1ccc2oc(C(=O)NC(c3ccccc3)C(F)(F)F)c(C)c2c1. The van der Waals surface area contributed by atoms with E-state index in [0.29, 0.717) is 22.3 Å². The number of hydrogen-bond donors (Lipinski definition) is 1. The van der Waals surface area contributed by atoms with Crippen LogP contribution in [0, 0.1) is 6.92 Å². The number of hydrogen-bond acceptors (Lipinski definition) is 3. The fraction of sp³-hybridized carbons (Fsp3) is 0.211. The highest BCUT2D eigenvalue weighted by Crippen LogP contribution is 2.34. The van der Waals surface area contributed by atoms with Crippen molar-refractivity contribution in [3.05, 3.63) is 65.4 Å². The molecule has 3 rings (SSSR count). The van der Waals surface area contributed by atoms with E-state index >= 15 is 0 Å². The minimum Gasteiger partial charge on any atom is -0.497 e. The van der Waals surface area contributed by atoms with Crippen molar-refractivity contribution >= 4 is 16.9 Å². The number of alkyl halides is 3. The summed E-state index contributed by atoms with van der Waals surface area (Å²) in [5, 5.41) is 2.64. The average molecular weight is 363 g/mol. The van der Waals surface area contributed by atoms with E-state index in [-0.39, 0.29) is 11.3 Å². The number of rotatable bonds is 4. The number of fused-ring (bicyclic) bond motifs is 1. The van der Waals surface area contributed by atoms with Crippen LogP contribution in [-0.2, 0) is 0 Å². The van der Waals surface area contributed by atoms with Crippen molar-refractivity contribution in [2.24, 2.45) is 0 Å². The van der Waals surface area contributed by atoms with Crippen molar-refractivity contribution in [1.29, 1.82) is 0 Å². The molecule has 1 atom stereocenters. The van der Waals surface area contributed by atoms with E-state index in [1.165, 1.54) is 31.4 Å². The predicted molar refractivity (Wildman–Crippen MR) is 90.2 cm³/mol. The highest BCUT2D eigenvalue weighted by Gasteiger charge is 2.42. The molecule has 7 heteroatoms. The number of benzene rings is 2. The Morgan fingerprint density at radius 3 is 2.46 bits per heavy atom. The molecule has 136 valence electrons. The molecule has 0 aliphatic heterocycles. The summed E-state index contributed by atoms with van der Waals surface area (Å²) in [5.74, 6) is -0.520. The molecule has 2 aromatic carbocycles. The number of carbonyl (C=O) groups excluding carboxylic acids is 1. The van der Waals surface area contributed by atoms with Crippen LogP contribution in [0.5, 0.6) is 5.75 Å². The van der Waals surface area contributed by atoms with Crippen molar-refractivity contribution < 1.29 is 27.1 Å². The number of furan rings is 1. The number of methoxy groups -OCH3 is 1. The summed E-state index contributed by atoms with van der Waals surface area (Å²) in [4.78, 5) is 12.5. The second-order valence-electron chi connectivity index (χ2n) is 5.78. The number of halogens is 3. The van der Waals surface area contributed by atoms with Crippen LogP contribution in [0.4, 0.5) is 13.2 Å². The molecule has 0 saturated heterocycles. The first kappa shape index (κ1) is 17.8. The van der Waals surface area contributed by atoms with Gasteiger partial charge in [0.25, 0.3) is 5.91 Å². The van der Waals surface area contributed by atoms with Crippen LogP contribution in [-0.4, -0.2) is 19.2 Å². The molecule has 0 radical (unpaired) electrons. The molecule has 0 aliphatic rings. The van der Waals surface area contributed by atoms with Gasteiger partial charge < -0.3 is 14.5 Å². The van der Waals surface area contributed by atoms with Crippen LogP contribution in [0.1, 0.15) is 27.7 Å². The summed E-state index contributed by atoms with van der Waals surface area (Å²) in [5.41, 5.74) is 0.797. The molecule has 1 N–H and O–H groups in total. The van der Waals surface area contributed by atoms with E-state index in [4.69, 9.17) is 9.15 Å². The van der Waals surface area contributed by atoms with E-state index in [1.54, 1.807) is 31.2 Å². The van der Waals surface area contributed by atoms with Crippen LogP contribution in [0.3, 0.4) is 0 Å². The number of carbonyl (C=O) groups is 1. The fourth-order valence-corrected chi connectivity index (χ4v) is 2.74. The third kappa shape index (κ3) is 3.37. The van der Waals surface area contributed by atoms with E-state index in [9.17, 15) is 18.0 Å². The van der Waals surface area contributed by atoms with Crippen molar-refractivity contribution in [2.45, 2.75) is 19.1 Å². The molecule has 26 heavy (non-hydrogen) atoms. The van der Waals surface area contributed by atoms with Gasteiger partial charge in [0.05, 0.1) is 7.11 Å². The lowest BCUT2D eigenvalue weighted by molar-refractivity contribution is -0.155. The minimum atomic E-state index is -4.64. The molecule has 1 aromatic heterocycles. The van der Waals surface area contributed by atoms with Gasteiger partial charge in [-0.15, -0.1) is 0 Å². The van der Waals surface area contributed by atoms with Gasteiger partial charge in [-0.1, -0.05) is 30.3 Å². The Morgan fingerprint density at radius 2 is 1.85 bits per heavy atom. The lowest BCUT2D eigenvalue weighted by Crippen LogP contribution is -2.38. The average Bonchev–Trinajstić information content (AvgIpc) is 2.95. The summed E-state index contributed by atoms with van der Waals surface area (Å²) >= 11 is 0. The summed E-state index contributed by atoms with van der Waals surface area (Å²) in [7, 11) is 1.50. The van der Waals surface area contributed by atoms with Gasteiger partial charge >= 0.3 is 6.18 Å². The number of aryl methyl sites for hydroxylation is 1. The van der Waals surface area contributed by atoms with E-state index in [0.717, 1.165) is 0 Å². The molecule has 1 unspecified atom stereocenters. The lowest BCUT2D eigenvalue weighted by atomic mass is 10.1. The standard InChI is InChI=1S/C19H16F3NO3/c1-11-14-10-13(25-2)8-9-15(14)26-16(11)18(24)23-17(19(20,21)22)12-6-4-3-5-7-12/h3-10,17H,1-2H3,(H,23,24). The summed E-state index contributed by atoms with van der Waals surface area (Å²) in [6, 6.07) is 10.0. The largest absolute Gasteiger partial charge is 0.497 e. The highest BCUT2D eigenvalue weighted by molar-refractivity contribution is 5.99. The smallest absolute Gasteiger partial charge is 0.412 e. The Morgan fingerprint density at radius 1 is 1.15 bits per heavy atom. The quantitative estimate of drug-likeness (QED) is 0.726.